The quantitative estimate of drug-likeness (QED) is 0.0401. The Morgan fingerprint density at radius 1 is 0.500 bits per heavy atom. The van der Waals surface area contributed by atoms with E-state index in [1.165, 1.54) is 0 Å². The van der Waals surface area contributed by atoms with Crippen LogP contribution in [-0.2, 0) is 28.5 Å². The van der Waals surface area contributed by atoms with Gasteiger partial charge in [-0.3, -0.25) is 25.2 Å². The van der Waals surface area contributed by atoms with Crippen LogP contribution in [-0.4, -0.2) is 103 Å². The second kappa shape index (κ2) is 25.0. The van der Waals surface area contributed by atoms with Crippen molar-refractivity contribution in [1.29, 1.82) is 0 Å². The van der Waals surface area contributed by atoms with Gasteiger partial charge in [0.25, 0.3) is 0 Å². The Labute approximate surface area is 333 Å². The van der Waals surface area contributed by atoms with Gasteiger partial charge >= 0.3 is 24.4 Å². The highest BCUT2D eigenvalue weighted by molar-refractivity contribution is 6.01. The van der Waals surface area contributed by atoms with E-state index in [-0.39, 0.29) is 18.4 Å². The molecule has 0 unspecified atom stereocenters. The van der Waals surface area contributed by atoms with Crippen molar-refractivity contribution in [2.24, 2.45) is 10.7 Å². The predicted molar refractivity (Wildman–Crippen MR) is 214 cm³/mol. The number of rotatable bonds is 19. The molecule has 0 aromatic carbocycles. The van der Waals surface area contributed by atoms with Crippen LogP contribution in [0.15, 0.2) is 4.99 Å². The molecule has 0 spiro atoms. The average Bonchev–Trinajstić information content (AvgIpc) is 2.99. The van der Waals surface area contributed by atoms with E-state index in [1.807, 2.05) is 0 Å². The van der Waals surface area contributed by atoms with Gasteiger partial charge in [-0.15, -0.1) is 0 Å². The summed E-state index contributed by atoms with van der Waals surface area (Å²) < 4.78 is 21.0. The average molecular weight is 801 g/mol. The molecule has 0 aromatic heterocycles. The van der Waals surface area contributed by atoms with E-state index in [4.69, 9.17) is 24.7 Å². The Morgan fingerprint density at radius 2 is 0.893 bits per heavy atom. The smallest absolute Gasteiger partial charge is 0.414 e. The summed E-state index contributed by atoms with van der Waals surface area (Å²) in [6.07, 6.45) is 2.06. The number of hydrogen-bond donors (Lipinski definition) is 7. The molecule has 6 amide bonds. The van der Waals surface area contributed by atoms with Crippen LogP contribution in [0.1, 0.15) is 141 Å². The first-order valence-electron chi connectivity index (χ1n) is 19.5. The van der Waals surface area contributed by atoms with E-state index in [0.717, 1.165) is 0 Å². The lowest BCUT2D eigenvalue weighted by molar-refractivity contribution is -0.129. The third-order valence-corrected chi connectivity index (χ3v) is 6.81. The van der Waals surface area contributed by atoms with Crippen molar-refractivity contribution in [3.8, 4) is 0 Å². The lowest BCUT2D eigenvalue weighted by Crippen LogP contribution is -2.51. The summed E-state index contributed by atoms with van der Waals surface area (Å²) in [6, 6.07) is -1.71. The minimum absolute atomic E-state index is 0.114. The number of amides is 6. The van der Waals surface area contributed by atoms with E-state index in [1.54, 1.807) is 83.1 Å². The van der Waals surface area contributed by atoms with Crippen molar-refractivity contribution < 1.29 is 47.7 Å². The molecule has 8 N–H and O–H groups in total. The van der Waals surface area contributed by atoms with Crippen molar-refractivity contribution in [3.63, 3.8) is 0 Å². The van der Waals surface area contributed by atoms with Crippen LogP contribution >= 0.6 is 0 Å². The monoisotopic (exact) mass is 801 g/mol. The van der Waals surface area contributed by atoms with Gasteiger partial charge in [0, 0.05) is 26.2 Å². The number of unbranched alkanes of at least 4 members (excludes halogenated alkanes) is 4. The maximum atomic E-state index is 13.2. The van der Waals surface area contributed by atoms with Crippen LogP contribution in [0.3, 0.4) is 0 Å². The van der Waals surface area contributed by atoms with Gasteiger partial charge < -0.3 is 45.9 Å². The summed E-state index contributed by atoms with van der Waals surface area (Å²) in [7, 11) is 0. The second-order valence-electron chi connectivity index (χ2n) is 17.4. The van der Waals surface area contributed by atoms with Crippen LogP contribution in [0.2, 0.25) is 0 Å². The number of aliphatic imine (C=N–C) groups is 1. The molecular weight excluding hydrogens is 728 g/mol. The van der Waals surface area contributed by atoms with Gasteiger partial charge in [0.05, 0.1) is 6.04 Å². The lowest BCUT2D eigenvalue weighted by atomic mass is 10.1. The standard InChI is InChI=1S/C38H72N8O10/c1-35(2,3)53-31(49)42-24-18-14-20-26(39)28(47)44-27(21-15-19-25-43-32(50)54-36(4,5)6)29(48)40-22-16-13-17-23-41-30(45-33(51)55-37(7,8)9)46-34(52)56-38(10,11)12/h26-27H,13-25,39H2,1-12H3,(H,40,48)(H,42,49)(H,43,50)(H,44,47)(H2,41,45,46,51,52)/t26-,27-/m0/s1. The van der Waals surface area contributed by atoms with Crippen molar-refractivity contribution in [1.82, 2.24) is 31.9 Å². The molecule has 18 nitrogen and oxygen atoms in total. The minimum atomic E-state index is -0.860. The molecule has 0 aliphatic rings. The van der Waals surface area contributed by atoms with Crippen molar-refractivity contribution >= 4 is 42.1 Å². The number of ether oxygens (including phenoxy) is 4. The van der Waals surface area contributed by atoms with Crippen LogP contribution < -0.4 is 37.6 Å². The topological polar surface area (TPSA) is 250 Å². The summed E-state index contributed by atoms with van der Waals surface area (Å²) in [4.78, 5) is 79.0. The zero-order chi connectivity index (χ0) is 43.2. The zero-order valence-electron chi connectivity index (χ0n) is 36.0. The van der Waals surface area contributed by atoms with E-state index < -0.39 is 64.8 Å². The van der Waals surface area contributed by atoms with Gasteiger partial charge in [-0.2, -0.15) is 0 Å². The highest BCUT2D eigenvalue weighted by Gasteiger charge is 2.24. The van der Waals surface area contributed by atoms with Gasteiger partial charge in [-0.05, 0) is 141 Å². The Morgan fingerprint density at radius 3 is 1.34 bits per heavy atom. The number of hydrogen-bond acceptors (Lipinski definition) is 12. The summed E-state index contributed by atoms with van der Waals surface area (Å²) >= 11 is 0. The maximum absolute atomic E-state index is 13.2. The van der Waals surface area contributed by atoms with E-state index in [2.05, 4.69) is 36.9 Å². The first kappa shape index (κ1) is 51.6. The number of nitrogens with one attached hydrogen (secondary N) is 6. The first-order chi connectivity index (χ1) is 25.7. The molecule has 0 aliphatic heterocycles. The van der Waals surface area contributed by atoms with Gasteiger partial charge in [-0.25, -0.2) is 19.2 Å². The highest BCUT2D eigenvalue weighted by Crippen LogP contribution is 2.10. The normalized spacial score (nSPS) is 12.9. The Hall–Kier alpha value is -4.35. The number of nitrogens with two attached hydrogens (primary N) is 1. The van der Waals surface area contributed by atoms with E-state index in [9.17, 15) is 28.8 Å². The Kier molecular flexibility index (Phi) is 23.1. The number of carbonyl (C=O) groups is 6. The number of carbonyl (C=O) groups excluding carboxylic acids is 6. The largest absolute Gasteiger partial charge is 0.444 e. The summed E-state index contributed by atoms with van der Waals surface area (Å²) in [6.45, 7) is 22.2. The molecule has 0 saturated heterocycles. The first-order valence-corrected chi connectivity index (χ1v) is 19.5. The van der Waals surface area contributed by atoms with Crippen LogP contribution in [0.4, 0.5) is 19.2 Å². The fourth-order valence-corrected chi connectivity index (χ4v) is 4.50. The second-order valence-corrected chi connectivity index (χ2v) is 17.4. The number of guanidine groups is 1. The number of alkyl carbamates (subject to hydrolysis) is 4. The molecule has 0 rings (SSSR count). The molecule has 0 fully saturated rings. The van der Waals surface area contributed by atoms with Crippen molar-refractivity contribution in [2.45, 2.75) is 175 Å². The molecule has 18 heteroatoms. The van der Waals surface area contributed by atoms with Crippen LogP contribution in [0, 0.1) is 0 Å². The molecule has 56 heavy (non-hydrogen) atoms. The van der Waals surface area contributed by atoms with E-state index >= 15 is 0 Å². The molecule has 2 atom stereocenters. The fourth-order valence-electron chi connectivity index (χ4n) is 4.50. The Bertz CT molecular complexity index is 1250. The van der Waals surface area contributed by atoms with Gasteiger partial charge in [-0.1, -0.05) is 0 Å². The third-order valence-electron chi connectivity index (χ3n) is 6.81. The molecular formula is C38H72N8O10. The lowest BCUT2D eigenvalue weighted by Gasteiger charge is -2.22. The van der Waals surface area contributed by atoms with E-state index in [0.29, 0.717) is 77.4 Å². The van der Waals surface area contributed by atoms with Gasteiger partial charge in [0.15, 0.2) is 0 Å². The molecule has 0 radical (unpaired) electrons. The van der Waals surface area contributed by atoms with Crippen molar-refractivity contribution in [2.75, 3.05) is 26.2 Å². The molecule has 0 saturated carbocycles. The van der Waals surface area contributed by atoms with Crippen LogP contribution in [0.5, 0.6) is 0 Å². The van der Waals surface area contributed by atoms with Gasteiger partial charge in [0.1, 0.15) is 28.4 Å². The SMILES string of the molecule is CC(C)(C)OC(=O)NCCCC[C@H](NC(=O)[C@@H](N)CCCCNC(=O)OC(C)(C)C)C(=O)NCCCCCN=C(NC(=O)OC(C)(C)C)NC(=O)OC(C)(C)C. The molecule has 0 aliphatic carbocycles. The molecule has 0 aromatic rings. The fraction of sp³-hybridized carbons (Fsp3) is 0.816. The summed E-state index contributed by atoms with van der Waals surface area (Å²) in [5.41, 5.74) is 3.41. The van der Waals surface area contributed by atoms with Crippen molar-refractivity contribution in [3.05, 3.63) is 0 Å². The van der Waals surface area contributed by atoms with Crippen LogP contribution in [0.25, 0.3) is 0 Å². The summed E-state index contributed by atoms with van der Waals surface area (Å²) in [5.74, 6) is -0.946. The number of nitrogens with zero attached hydrogens (tertiary/aromatic N) is 1. The minimum Gasteiger partial charge on any atom is -0.444 e. The molecule has 0 heterocycles. The molecule has 324 valence electrons. The predicted octanol–water partition coefficient (Wildman–Crippen LogP) is 4.88. The zero-order valence-corrected chi connectivity index (χ0v) is 36.0. The molecule has 0 bridgehead atoms. The highest BCUT2D eigenvalue weighted by atomic mass is 16.6. The Balaban J connectivity index is 5.15. The summed E-state index contributed by atoms with van der Waals surface area (Å²) in [5, 5.41) is 15.9. The maximum Gasteiger partial charge on any atom is 0.414 e. The third kappa shape index (κ3) is 30.9. The van der Waals surface area contributed by atoms with Gasteiger partial charge in [0.2, 0.25) is 17.8 Å².